The summed E-state index contributed by atoms with van der Waals surface area (Å²) in [6.45, 7) is 0. The third-order valence-corrected chi connectivity index (χ3v) is 2.61. The van der Waals surface area contributed by atoms with Gasteiger partial charge in [-0.1, -0.05) is 5.16 Å². The molecule has 0 bridgehead atoms. The van der Waals surface area contributed by atoms with Crippen molar-refractivity contribution in [2.75, 3.05) is 5.73 Å². The van der Waals surface area contributed by atoms with Crippen molar-refractivity contribution in [2.24, 2.45) is 0 Å². The van der Waals surface area contributed by atoms with E-state index in [1.807, 2.05) is 24.3 Å². The van der Waals surface area contributed by atoms with E-state index in [4.69, 9.17) is 10.3 Å². The number of aromatic nitrogens is 3. The Balaban J connectivity index is 1.99. The summed E-state index contributed by atoms with van der Waals surface area (Å²) in [4.78, 5) is 14.0. The molecule has 0 saturated carbocycles. The first-order valence-electron chi connectivity index (χ1n) is 5.33. The van der Waals surface area contributed by atoms with Crippen LogP contribution in [0.15, 0.2) is 52.0 Å². The SMILES string of the molecule is Nc1cc(-c2ccc(-n3cc[nH]c3=O)cc2)on1. The first-order chi connectivity index (χ1) is 8.74. The fourth-order valence-electron chi connectivity index (χ4n) is 1.73. The summed E-state index contributed by atoms with van der Waals surface area (Å²) in [5.74, 6) is 0.941. The Hall–Kier alpha value is -2.76. The van der Waals surface area contributed by atoms with E-state index < -0.39 is 0 Å². The molecule has 0 spiro atoms. The van der Waals surface area contributed by atoms with Gasteiger partial charge in [-0.3, -0.25) is 4.57 Å². The van der Waals surface area contributed by atoms with Gasteiger partial charge in [0, 0.05) is 24.0 Å². The molecule has 18 heavy (non-hydrogen) atoms. The molecule has 2 heterocycles. The van der Waals surface area contributed by atoms with Crippen molar-refractivity contribution in [2.45, 2.75) is 0 Å². The number of hydrogen-bond donors (Lipinski definition) is 2. The van der Waals surface area contributed by atoms with Crippen LogP contribution in [0.5, 0.6) is 0 Å². The Kier molecular flexibility index (Phi) is 2.26. The first kappa shape index (κ1) is 10.4. The molecule has 90 valence electrons. The molecule has 0 unspecified atom stereocenters. The van der Waals surface area contributed by atoms with E-state index in [1.165, 1.54) is 4.57 Å². The number of nitrogens with zero attached hydrogens (tertiary/aromatic N) is 2. The lowest BCUT2D eigenvalue weighted by molar-refractivity contribution is 0.436. The number of nitrogen functional groups attached to an aromatic ring is 1. The van der Waals surface area contributed by atoms with Crippen LogP contribution in [0.2, 0.25) is 0 Å². The number of rotatable bonds is 2. The van der Waals surface area contributed by atoms with Crippen LogP contribution in [-0.2, 0) is 0 Å². The van der Waals surface area contributed by atoms with E-state index in [0.717, 1.165) is 11.3 Å². The fourth-order valence-corrected chi connectivity index (χ4v) is 1.73. The maximum Gasteiger partial charge on any atom is 0.330 e. The summed E-state index contributed by atoms with van der Waals surface area (Å²) in [6.07, 6.45) is 3.26. The largest absolute Gasteiger partial charge is 0.381 e. The van der Waals surface area contributed by atoms with Crippen molar-refractivity contribution in [3.8, 4) is 17.0 Å². The Morgan fingerprint density at radius 2 is 2.06 bits per heavy atom. The molecular weight excluding hydrogens is 232 g/mol. The van der Waals surface area contributed by atoms with Gasteiger partial charge in [-0.2, -0.15) is 0 Å². The van der Waals surface area contributed by atoms with Gasteiger partial charge >= 0.3 is 5.69 Å². The average Bonchev–Trinajstić information content (AvgIpc) is 2.98. The number of hydrogen-bond acceptors (Lipinski definition) is 4. The summed E-state index contributed by atoms with van der Waals surface area (Å²) in [6, 6.07) is 8.98. The van der Waals surface area contributed by atoms with Gasteiger partial charge in [-0.05, 0) is 24.3 Å². The van der Waals surface area contributed by atoms with Crippen molar-refractivity contribution in [1.82, 2.24) is 14.7 Å². The van der Waals surface area contributed by atoms with Crippen molar-refractivity contribution >= 4 is 5.82 Å². The number of imidazole rings is 1. The highest BCUT2D eigenvalue weighted by atomic mass is 16.5. The minimum atomic E-state index is -0.174. The van der Waals surface area contributed by atoms with Gasteiger partial charge < -0.3 is 15.2 Å². The van der Waals surface area contributed by atoms with E-state index in [9.17, 15) is 4.79 Å². The number of nitrogens with one attached hydrogen (secondary N) is 1. The lowest BCUT2D eigenvalue weighted by atomic mass is 10.1. The molecule has 0 atom stereocenters. The Labute approximate surface area is 102 Å². The lowest BCUT2D eigenvalue weighted by Gasteiger charge is -2.01. The average molecular weight is 242 g/mol. The number of benzene rings is 1. The molecular formula is C12H10N4O2. The van der Waals surface area contributed by atoms with Gasteiger partial charge in [-0.15, -0.1) is 0 Å². The van der Waals surface area contributed by atoms with Crippen LogP contribution in [0.25, 0.3) is 17.0 Å². The molecule has 0 fully saturated rings. The maximum atomic E-state index is 11.4. The summed E-state index contributed by atoms with van der Waals surface area (Å²) < 4.78 is 6.57. The second-order valence-corrected chi connectivity index (χ2v) is 3.80. The monoisotopic (exact) mass is 242 g/mol. The van der Waals surface area contributed by atoms with Gasteiger partial charge in [0.05, 0.1) is 5.69 Å². The molecule has 2 aromatic heterocycles. The highest BCUT2D eigenvalue weighted by molar-refractivity contribution is 5.61. The van der Waals surface area contributed by atoms with Crippen LogP contribution in [0.3, 0.4) is 0 Å². The molecule has 6 nitrogen and oxygen atoms in total. The zero-order valence-corrected chi connectivity index (χ0v) is 9.33. The van der Waals surface area contributed by atoms with Crippen LogP contribution in [0.1, 0.15) is 0 Å². The van der Waals surface area contributed by atoms with Gasteiger partial charge in [0.15, 0.2) is 11.6 Å². The van der Waals surface area contributed by atoms with E-state index in [-0.39, 0.29) is 5.69 Å². The molecule has 0 aliphatic carbocycles. The Bertz CT molecular complexity index is 721. The van der Waals surface area contributed by atoms with E-state index in [0.29, 0.717) is 11.6 Å². The second kappa shape index (κ2) is 3.92. The molecule has 6 heteroatoms. The molecule has 3 N–H and O–H groups in total. The maximum absolute atomic E-state index is 11.4. The number of aromatic amines is 1. The summed E-state index contributed by atoms with van der Waals surface area (Å²) in [5.41, 5.74) is 6.94. The molecule has 0 aliphatic rings. The zero-order chi connectivity index (χ0) is 12.5. The van der Waals surface area contributed by atoms with Crippen LogP contribution in [0, 0.1) is 0 Å². The summed E-state index contributed by atoms with van der Waals surface area (Å²) in [5, 5.41) is 3.62. The number of H-pyrrole nitrogens is 1. The lowest BCUT2D eigenvalue weighted by Crippen LogP contribution is -2.13. The Morgan fingerprint density at radius 3 is 2.61 bits per heavy atom. The van der Waals surface area contributed by atoms with E-state index in [2.05, 4.69) is 10.1 Å². The quantitative estimate of drug-likeness (QED) is 0.710. The molecule has 0 amide bonds. The van der Waals surface area contributed by atoms with Gasteiger partial charge in [0.1, 0.15) is 0 Å². The summed E-state index contributed by atoms with van der Waals surface area (Å²) in [7, 11) is 0. The normalized spacial score (nSPS) is 10.7. The number of anilines is 1. The smallest absolute Gasteiger partial charge is 0.330 e. The Morgan fingerprint density at radius 1 is 1.28 bits per heavy atom. The van der Waals surface area contributed by atoms with Crippen LogP contribution in [-0.4, -0.2) is 14.7 Å². The minimum Gasteiger partial charge on any atom is -0.381 e. The zero-order valence-electron chi connectivity index (χ0n) is 9.33. The van der Waals surface area contributed by atoms with Crippen molar-refractivity contribution < 1.29 is 4.52 Å². The summed E-state index contributed by atoms with van der Waals surface area (Å²) >= 11 is 0. The minimum absolute atomic E-state index is 0.174. The predicted octanol–water partition coefficient (Wildman–Crippen LogP) is 1.40. The topological polar surface area (TPSA) is 89.8 Å². The van der Waals surface area contributed by atoms with Gasteiger partial charge in [0.2, 0.25) is 0 Å². The second-order valence-electron chi connectivity index (χ2n) is 3.80. The molecule has 3 aromatic rings. The van der Waals surface area contributed by atoms with Crippen molar-refractivity contribution in [3.63, 3.8) is 0 Å². The highest BCUT2D eigenvalue weighted by Crippen LogP contribution is 2.22. The fraction of sp³-hybridized carbons (Fsp3) is 0. The predicted molar refractivity (Wildman–Crippen MR) is 66.3 cm³/mol. The highest BCUT2D eigenvalue weighted by Gasteiger charge is 2.05. The molecule has 0 radical (unpaired) electrons. The number of nitrogens with two attached hydrogens (primary N) is 1. The van der Waals surface area contributed by atoms with E-state index >= 15 is 0 Å². The molecule has 0 aliphatic heterocycles. The van der Waals surface area contributed by atoms with Gasteiger partial charge in [-0.25, -0.2) is 4.79 Å². The first-order valence-corrected chi connectivity index (χ1v) is 5.33. The van der Waals surface area contributed by atoms with Gasteiger partial charge in [0.25, 0.3) is 0 Å². The van der Waals surface area contributed by atoms with Crippen molar-refractivity contribution in [1.29, 1.82) is 0 Å². The molecule has 0 saturated heterocycles. The van der Waals surface area contributed by atoms with E-state index in [1.54, 1.807) is 18.5 Å². The van der Waals surface area contributed by atoms with Crippen LogP contribution >= 0.6 is 0 Å². The van der Waals surface area contributed by atoms with Crippen LogP contribution in [0.4, 0.5) is 5.82 Å². The third kappa shape index (κ3) is 1.69. The van der Waals surface area contributed by atoms with Crippen LogP contribution < -0.4 is 11.4 Å². The molecule has 1 aromatic carbocycles. The standard InChI is InChI=1S/C12H10N4O2/c13-11-7-10(18-15-11)8-1-3-9(4-2-8)16-6-5-14-12(16)17/h1-7H,(H2,13,15)(H,14,17). The third-order valence-electron chi connectivity index (χ3n) is 2.61. The molecule has 3 rings (SSSR count). The van der Waals surface area contributed by atoms with Crippen molar-refractivity contribution in [3.05, 3.63) is 53.2 Å².